The van der Waals surface area contributed by atoms with Gasteiger partial charge in [-0.1, -0.05) is 0 Å². The molecular weight excluding hydrogens is 294 g/mol. The van der Waals surface area contributed by atoms with Gasteiger partial charge in [-0.25, -0.2) is 4.79 Å². The summed E-state index contributed by atoms with van der Waals surface area (Å²) in [5.41, 5.74) is 0.932. The SMILES string of the molecule is CN(C)C(=O)N1CCC2(CC1)[C@H](c1cnn(C)c1)CC(=O)N2C. The van der Waals surface area contributed by atoms with Crippen LogP contribution in [0.2, 0.25) is 0 Å². The Morgan fingerprint density at radius 3 is 2.48 bits per heavy atom. The van der Waals surface area contributed by atoms with Crippen LogP contribution in [0, 0.1) is 0 Å². The van der Waals surface area contributed by atoms with Gasteiger partial charge < -0.3 is 14.7 Å². The number of likely N-dealkylation sites (N-methyl/N-ethyl adjacent to an activating group) is 1. The molecule has 2 aliphatic heterocycles. The van der Waals surface area contributed by atoms with Gasteiger partial charge in [0.1, 0.15) is 0 Å². The highest BCUT2D eigenvalue weighted by atomic mass is 16.2. The van der Waals surface area contributed by atoms with E-state index in [2.05, 4.69) is 5.10 Å². The summed E-state index contributed by atoms with van der Waals surface area (Å²) >= 11 is 0. The summed E-state index contributed by atoms with van der Waals surface area (Å²) in [6, 6.07) is 0.0461. The molecule has 2 fully saturated rings. The Morgan fingerprint density at radius 1 is 1.30 bits per heavy atom. The normalized spacial score (nSPS) is 23.7. The van der Waals surface area contributed by atoms with Crippen molar-refractivity contribution >= 4 is 11.9 Å². The predicted octanol–water partition coefficient (Wildman–Crippen LogP) is 0.882. The van der Waals surface area contributed by atoms with Gasteiger partial charge in [0.05, 0.1) is 11.7 Å². The number of likely N-dealkylation sites (tertiary alicyclic amines) is 2. The van der Waals surface area contributed by atoms with Gasteiger partial charge >= 0.3 is 6.03 Å². The molecule has 0 aromatic carbocycles. The van der Waals surface area contributed by atoms with Gasteiger partial charge in [0.15, 0.2) is 0 Å². The van der Waals surface area contributed by atoms with Crippen molar-refractivity contribution in [1.82, 2.24) is 24.5 Å². The van der Waals surface area contributed by atoms with Gasteiger partial charge in [0, 0.05) is 59.8 Å². The molecule has 2 aliphatic rings. The molecule has 2 saturated heterocycles. The van der Waals surface area contributed by atoms with Crippen molar-refractivity contribution in [3.63, 3.8) is 0 Å². The van der Waals surface area contributed by atoms with Gasteiger partial charge in [-0.15, -0.1) is 0 Å². The van der Waals surface area contributed by atoms with E-state index in [1.807, 2.05) is 36.3 Å². The minimum atomic E-state index is -0.191. The van der Waals surface area contributed by atoms with Gasteiger partial charge in [-0.2, -0.15) is 5.10 Å². The first-order chi connectivity index (χ1) is 10.8. The van der Waals surface area contributed by atoms with Crippen LogP contribution in [-0.4, -0.2) is 76.2 Å². The number of amides is 3. The lowest BCUT2D eigenvalue weighted by molar-refractivity contribution is -0.130. The number of carbonyl (C=O) groups is 2. The van der Waals surface area contributed by atoms with Crippen molar-refractivity contribution < 1.29 is 9.59 Å². The van der Waals surface area contributed by atoms with Crippen LogP contribution in [0.25, 0.3) is 0 Å². The maximum absolute atomic E-state index is 12.4. The zero-order valence-electron chi connectivity index (χ0n) is 14.3. The fourth-order valence-corrected chi connectivity index (χ4v) is 4.08. The molecule has 0 N–H and O–H groups in total. The number of nitrogens with zero attached hydrogens (tertiary/aromatic N) is 5. The minimum absolute atomic E-state index is 0.0461. The molecule has 1 atom stereocenters. The third-order valence-corrected chi connectivity index (χ3v) is 5.48. The van der Waals surface area contributed by atoms with E-state index in [-0.39, 0.29) is 23.4 Å². The lowest BCUT2D eigenvalue weighted by Gasteiger charge is -2.46. The van der Waals surface area contributed by atoms with E-state index in [4.69, 9.17) is 0 Å². The molecule has 0 radical (unpaired) electrons. The molecule has 7 heteroatoms. The average molecular weight is 319 g/mol. The Balaban J connectivity index is 1.84. The largest absolute Gasteiger partial charge is 0.339 e. The molecule has 3 heterocycles. The summed E-state index contributed by atoms with van der Waals surface area (Å²) in [6.45, 7) is 1.37. The summed E-state index contributed by atoms with van der Waals surface area (Å²) in [6.07, 6.45) is 6.04. The van der Waals surface area contributed by atoms with Crippen molar-refractivity contribution in [3.05, 3.63) is 18.0 Å². The lowest BCUT2D eigenvalue weighted by Crippen LogP contribution is -2.56. The van der Waals surface area contributed by atoms with Crippen LogP contribution in [0.15, 0.2) is 12.4 Å². The summed E-state index contributed by atoms with van der Waals surface area (Å²) in [5.74, 6) is 0.344. The Hall–Kier alpha value is -2.05. The number of rotatable bonds is 1. The Labute approximate surface area is 136 Å². The van der Waals surface area contributed by atoms with Crippen LogP contribution in [0.1, 0.15) is 30.7 Å². The third kappa shape index (κ3) is 2.48. The molecule has 1 aromatic rings. The fourth-order valence-electron chi connectivity index (χ4n) is 4.08. The standard InChI is InChI=1S/C16H25N5O2/c1-18(2)15(23)21-7-5-16(6-8-21)13(9-14(22)20(16)4)12-10-17-19(3)11-12/h10-11,13H,5-9H2,1-4H3/t13-/m0/s1. The zero-order chi connectivity index (χ0) is 16.8. The van der Waals surface area contributed by atoms with Crippen LogP contribution >= 0.6 is 0 Å². The number of aromatic nitrogens is 2. The maximum Gasteiger partial charge on any atom is 0.319 e. The minimum Gasteiger partial charge on any atom is -0.339 e. The number of hydrogen-bond acceptors (Lipinski definition) is 3. The number of carbonyl (C=O) groups excluding carboxylic acids is 2. The third-order valence-electron chi connectivity index (χ3n) is 5.48. The van der Waals surface area contributed by atoms with Crippen molar-refractivity contribution in [2.24, 2.45) is 7.05 Å². The van der Waals surface area contributed by atoms with Gasteiger partial charge in [0.25, 0.3) is 0 Å². The van der Waals surface area contributed by atoms with Gasteiger partial charge in [-0.05, 0) is 18.4 Å². The van der Waals surface area contributed by atoms with Crippen LogP contribution in [0.3, 0.4) is 0 Å². The Morgan fingerprint density at radius 2 is 1.96 bits per heavy atom. The highest BCUT2D eigenvalue weighted by Gasteiger charge is 2.53. The fraction of sp³-hybridized carbons (Fsp3) is 0.688. The lowest BCUT2D eigenvalue weighted by atomic mass is 9.74. The molecule has 23 heavy (non-hydrogen) atoms. The number of aryl methyl sites for hydroxylation is 1. The monoisotopic (exact) mass is 319 g/mol. The summed E-state index contributed by atoms with van der Waals surface area (Å²) < 4.78 is 1.79. The van der Waals surface area contributed by atoms with Gasteiger partial charge in [-0.3, -0.25) is 9.48 Å². The molecule has 7 nitrogen and oxygen atoms in total. The second kappa shape index (κ2) is 5.54. The molecule has 0 aliphatic carbocycles. The zero-order valence-corrected chi connectivity index (χ0v) is 14.3. The smallest absolute Gasteiger partial charge is 0.319 e. The topological polar surface area (TPSA) is 61.7 Å². The summed E-state index contributed by atoms with van der Waals surface area (Å²) in [7, 11) is 7.35. The van der Waals surface area contributed by atoms with E-state index in [1.165, 1.54) is 0 Å². The number of urea groups is 1. The summed E-state index contributed by atoms with van der Waals surface area (Å²) in [4.78, 5) is 29.9. The van der Waals surface area contributed by atoms with Crippen molar-refractivity contribution in [2.75, 3.05) is 34.2 Å². The molecule has 0 saturated carbocycles. The summed E-state index contributed by atoms with van der Waals surface area (Å²) in [5, 5.41) is 4.27. The molecule has 1 spiro atoms. The van der Waals surface area contributed by atoms with E-state index < -0.39 is 0 Å². The first-order valence-corrected chi connectivity index (χ1v) is 8.06. The molecule has 0 unspecified atom stereocenters. The first-order valence-electron chi connectivity index (χ1n) is 8.06. The second-order valence-corrected chi connectivity index (χ2v) is 6.92. The van der Waals surface area contributed by atoms with E-state index >= 15 is 0 Å². The molecule has 3 amide bonds. The molecular formula is C16H25N5O2. The predicted molar refractivity (Wildman–Crippen MR) is 86.0 cm³/mol. The van der Waals surface area contributed by atoms with Crippen LogP contribution < -0.4 is 0 Å². The van der Waals surface area contributed by atoms with E-state index in [1.54, 1.807) is 23.7 Å². The second-order valence-electron chi connectivity index (χ2n) is 6.92. The Kier molecular flexibility index (Phi) is 3.82. The molecule has 3 rings (SSSR count). The van der Waals surface area contributed by atoms with Crippen molar-refractivity contribution in [2.45, 2.75) is 30.7 Å². The Bertz CT molecular complexity index is 616. The van der Waals surface area contributed by atoms with Crippen LogP contribution in [0.4, 0.5) is 4.79 Å². The average Bonchev–Trinajstić information content (AvgIpc) is 3.05. The van der Waals surface area contributed by atoms with Crippen molar-refractivity contribution in [3.8, 4) is 0 Å². The number of piperidine rings is 1. The van der Waals surface area contributed by atoms with E-state index in [9.17, 15) is 9.59 Å². The highest BCUT2D eigenvalue weighted by molar-refractivity contribution is 5.81. The maximum atomic E-state index is 12.4. The van der Waals surface area contributed by atoms with E-state index in [0.29, 0.717) is 19.5 Å². The molecule has 1 aromatic heterocycles. The quantitative estimate of drug-likeness (QED) is 0.772. The first kappa shape index (κ1) is 15.8. The molecule has 126 valence electrons. The highest BCUT2D eigenvalue weighted by Crippen LogP contribution is 2.48. The number of hydrogen-bond donors (Lipinski definition) is 0. The van der Waals surface area contributed by atoms with Crippen molar-refractivity contribution in [1.29, 1.82) is 0 Å². The van der Waals surface area contributed by atoms with Crippen LogP contribution in [0.5, 0.6) is 0 Å². The van der Waals surface area contributed by atoms with Crippen LogP contribution in [-0.2, 0) is 11.8 Å². The van der Waals surface area contributed by atoms with E-state index in [0.717, 1.165) is 18.4 Å². The molecule has 0 bridgehead atoms. The van der Waals surface area contributed by atoms with Gasteiger partial charge in [0.2, 0.25) is 5.91 Å².